The van der Waals surface area contributed by atoms with E-state index in [4.69, 9.17) is 4.74 Å². The molecule has 1 N–H and O–H groups in total. The average molecular weight is 557 g/mol. The number of Topliss-reactive ketones (excluding diaryl/α,β-unsaturated/α-hetero) is 1. The molecule has 0 aliphatic carbocycles. The third kappa shape index (κ3) is 5.70. The molecule has 1 unspecified atom stereocenters. The number of ether oxygens (including phenoxy) is 1. The number of piperidine rings is 1. The fourth-order valence-electron chi connectivity index (χ4n) is 5.52. The van der Waals surface area contributed by atoms with Gasteiger partial charge in [-0.15, -0.1) is 0 Å². The number of nitrogens with one attached hydrogen (secondary N) is 1. The Morgan fingerprint density at radius 2 is 1.59 bits per heavy atom. The van der Waals surface area contributed by atoms with Crippen LogP contribution in [0.15, 0.2) is 48.5 Å². The van der Waals surface area contributed by atoms with E-state index in [0.717, 1.165) is 5.56 Å². The minimum Gasteiger partial charge on any atom is -0.372 e. The Labute approximate surface area is 222 Å². The highest BCUT2D eigenvalue weighted by Gasteiger charge is 2.56. The summed E-state index contributed by atoms with van der Waals surface area (Å²) in [6.07, 6.45) is -9.80. The van der Waals surface area contributed by atoms with Gasteiger partial charge in [0.25, 0.3) is 0 Å². The molecule has 5 nitrogen and oxygen atoms in total. The fourth-order valence-corrected chi connectivity index (χ4v) is 5.52. The van der Waals surface area contributed by atoms with Crippen molar-refractivity contribution >= 4 is 11.7 Å². The lowest BCUT2D eigenvalue weighted by Crippen LogP contribution is -2.65. The monoisotopic (exact) mass is 556 g/mol. The number of carbonyl (C=O) groups excluding carboxylic acids is 2. The molecule has 1 amide bonds. The first kappa shape index (κ1) is 29.1. The van der Waals surface area contributed by atoms with E-state index in [0.29, 0.717) is 37.9 Å². The number of likely N-dealkylation sites (tertiary alicyclic amines) is 1. The third-order valence-corrected chi connectivity index (χ3v) is 7.77. The van der Waals surface area contributed by atoms with E-state index in [1.807, 2.05) is 37.3 Å². The summed E-state index contributed by atoms with van der Waals surface area (Å²) in [4.78, 5) is 27.1. The van der Waals surface area contributed by atoms with Crippen LogP contribution in [0.1, 0.15) is 67.9 Å². The van der Waals surface area contributed by atoms with E-state index in [9.17, 15) is 35.9 Å². The van der Waals surface area contributed by atoms with Gasteiger partial charge in [0.15, 0.2) is 5.78 Å². The van der Waals surface area contributed by atoms with Crippen molar-refractivity contribution in [1.29, 1.82) is 0 Å². The Balaban J connectivity index is 1.61. The molecule has 3 atom stereocenters. The van der Waals surface area contributed by atoms with Crippen LogP contribution < -0.4 is 5.32 Å². The molecule has 1 spiro atoms. The lowest BCUT2D eigenvalue weighted by atomic mass is 9.75. The zero-order chi connectivity index (χ0) is 28.6. The van der Waals surface area contributed by atoms with Crippen molar-refractivity contribution < 1.29 is 40.7 Å². The predicted molar refractivity (Wildman–Crippen MR) is 131 cm³/mol. The summed E-state index contributed by atoms with van der Waals surface area (Å²) in [6, 6.07) is 10.5. The topological polar surface area (TPSA) is 58.6 Å². The number of nitrogens with zero attached hydrogens (tertiary/aromatic N) is 1. The van der Waals surface area contributed by atoms with Gasteiger partial charge in [0, 0.05) is 13.1 Å². The number of amides is 1. The summed E-state index contributed by atoms with van der Waals surface area (Å²) in [5, 5.41) is 3.40. The maximum Gasteiger partial charge on any atom is 0.416 e. The van der Waals surface area contributed by atoms with Crippen LogP contribution in [0.5, 0.6) is 0 Å². The second kappa shape index (κ2) is 10.6. The number of rotatable bonds is 7. The number of hydrogen-bond acceptors (Lipinski definition) is 4. The van der Waals surface area contributed by atoms with Crippen LogP contribution in [0.3, 0.4) is 0 Å². The summed E-state index contributed by atoms with van der Waals surface area (Å²) in [6.45, 7) is 3.84. The lowest BCUT2D eigenvalue weighted by molar-refractivity contribution is -0.143. The normalized spacial score (nSPS) is 25.0. The summed E-state index contributed by atoms with van der Waals surface area (Å²) in [5.74, 6) is -0.376. The average Bonchev–Trinajstić information content (AvgIpc) is 3.11. The van der Waals surface area contributed by atoms with E-state index in [2.05, 4.69) is 5.32 Å². The Morgan fingerprint density at radius 1 is 0.974 bits per heavy atom. The minimum absolute atomic E-state index is 0.0816. The van der Waals surface area contributed by atoms with Gasteiger partial charge in [-0.2, -0.15) is 26.3 Å². The highest BCUT2D eigenvalue weighted by Crippen LogP contribution is 2.42. The Kier molecular flexibility index (Phi) is 7.88. The molecule has 212 valence electrons. The van der Waals surface area contributed by atoms with Crippen LogP contribution in [-0.2, 0) is 32.2 Å². The predicted octanol–water partition coefficient (Wildman–Crippen LogP) is 6.03. The molecule has 0 bridgehead atoms. The van der Waals surface area contributed by atoms with E-state index >= 15 is 0 Å². The Morgan fingerprint density at radius 3 is 2.10 bits per heavy atom. The van der Waals surface area contributed by atoms with Crippen LogP contribution in [-0.4, -0.2) is 41.8 Å². The molecular weight excluding hydrogens is 526 g/mol. The van der Waals surface area contributed by atoms with Crippen molar-refractivity contribution in [3.63, 3.8) is 0 Å². The second-order valence-corrected chi connectivity index (χ2v) is 10.3. The van der Waals surface area contributed by atoms with Gasteiger partial charge < -0.3 is 15.0 Å². The first-order valence-electron chi connectivity index (χ1n) is 12.8. The molecule has 2 aromatic carbocycles. The second-order valence-electron chi connectivity index (χ2n) is 10.3. The molecule has 0 radical (unpaired) electrons. The van der Waals surface area contributed by atoms with E-state index in [1.165, 1.54) is 6.92 Å². The maximum atomic E-state index is 13.4. The maximum absolute atomic E-state index is 13.4. The summed E-state index contributed by atoms with van der Waals surface area (Å²) < 4.78 is 86.2. The largest absolute Gasteiger partial charge is 0.416 e. The van der Waals surface area contributed by atoms with Crippen molar-refractivity contribution in [3.8, 4) is 0 Å². The van der Waals surface area contributed by atoms with Crippen LogP contribution in [0, 0.1) is 0 Å². The van der Waals surface area contributed by atoms with Gasteiger partial charge >= 0.3 is 12.4 Å². The molecule has 4 rings (SSSR count). The SMILES string of the molecule is CCCN1C(=O)CC(=O)C12CC[C@@](CO[C@H](C)c1cc(C(F)(F)F)cc(C(F)(F)F)c1)(c1ccccc1)NC2. The molecule has 2 heterocycles. The van der Waals surface area contributed by atoms with Crippen molar-refractivity contribution in [2.24, 2.45) is 0 Å². The number of hydrogen-bond donors (Lipinski definition) is 1. The first-order chi connectivity index (χ1) is 18.2. The summed E-state index contributed by atoms with van der Waals surface area (Å²) >= 11 is 0. The zero-order valence-electron chi connectivity index (χ0n) is 21.6. The van der Waals surface area contributed by atoms with Crippen molar-refractivity contribution in [1.82, 2.24) is 10.2 Å². The highest BCUT2D eigenvalue weighted by atomic mass is 19.4. The quantitative estimate of drug-likeness (QED) is 0.334. The van der Waals surface area contributed by atoms with E-state index < -0.39 is 40.7 Å². The van der Waals surface area contributed by atoms with Gasteiger partial charge in [0.2, 0.25) is 5.91 Å². The number of ketones is 1. The van der Waals surface area contributed by atoms with Gasteiger partial charge in [-0.3, -0.25) is 9.59 Å². The number of benzene rings is 2. The van der Waals surface area contributed by atoms with Gasteiger partial charge in [0.05, 0.1) is 35.8 Å². The van der Waals surface area contributed by atoms with Gasteiger partial charge in [0.1, 0.15) is 5.54 Å². The van der Waals surface area contributed by atoms with E-state index in [1.54, 1.807) is 4.90 Å². The Bertz CT molecular complexity index is 1170. The van der Waals surface area contributed by atoms with Gasteiger partial charge in [-0.1, -0.05) is 37.3 Å². The van der Waals surface area contributed by atoms with Crippen molar-refractivity contribution in [3.05, 3.63) is 70.8 Å². The highest BCUT2D eigenvalue weighted by molar-refractivity contribution is 6.10. The van der Waals surface area contributed by atoms with Crippen molar-refractivity contribution in [2.75, 3.05) is 19.7 Å². The van der Waals surface area contributed by atoms with E-state index in [-0.39, 0.29) is 42.9 Å². The van der Waals surface area contributed by atoms with Gasteiger partial charge in [-0.05, 0) is 55.5 Å². The number of carbonyl (C=O) groups is 2. The van der Waals surface area contributed by atoms with Crippen LogP contribution >= 0.6 is 0 Å². The number of halogens is 6. The molecule has 39 heavy (non-hydrogen) atoms. The molecule has 2 aromatic rings. The lowest BCUT2D eigenvalue weighted by Gasteiger charge is -2.48. The number of alkyl halides is 6. The van der Waals surface area contributed by atoms with Crippen LogP contribution in [0.25, 0.3) is 0 Å². The van der Waals surface area contributed by atoms with Crippen molar-refractivity contribution in [2.45, 2.75) is 69.1 Å². The molecule has 11 heteroatoms. The smallest absolute Gasteiger partial charge is 0.372 e. The van der Waals surface area contributed by atoms with Crippen LogP contribution in [0.4, 0.5) is 26.3 Å². The summed E-state index contributed by atoms with van der Waals surface area (Å²) in [7, 11) is 0. The van der Waals surface area contributed by atoms with Crippen LogP contribution in [0.2, 0.25) is 0 Å². The molecule has 2 fully saturated rings. The molecule has 2 aliphatic rings. The first-order valence-corrected chi connectivity index (χ1v) is 12.8. The molecule has 0 saturated carbocycles. The molecule has 0 aromatic heterocycles. The summed E-state index contributed by atoms with van der Waals surface area (Å²) in [5.41, 5.74) is -4.12. The fraction of sp³-hybridized carbons (Fsp3) is 0.500. The zero-order valence-corrected chi connectivity index (χ0v) is 21.6. The third-order valence-electron chi connectivity index (χ3n) is 7.77. The molecule has 2 aliphatic heterocycles. The molecule has 2 saturated heterocycles. The molecular formula is C28H30F6N2O3. The standard InChI is InChI=1S/C28H30F6N2O3/c1-3-11-36-24(38)15-23(37)26(36)10-9-25(35-16-26,20-7-5-4-6-8-20)17-39-18(2)19-12-21(27(29,30)31)14-22(13-19)28(32,33)34/h4-8,12-14,18,35H,3,9-11,15-17H2,1-2H3/t18-,25-,26?/m1/s1. The minimum atomic E-state index is -4.96. The Hall–Kier alpha value is -2.92. The van der Waals surface area contributed by atoms with Gasteiger partial charge in [-0.25, -0.2) is 0 Å².